The van der Waals surface area contributed by atoms with E-state index >= 15 is 0 Å². The van der Waals surface area contributed by atoms with Gasteiger partial charge in [-0.05, 0) is 60.4 Å². The van der Waals surface area contributed by atoms with Crippen molar-refractivity contribution in [1.29, 1.82) is 0 Å². The van der Waals surface area contributed by atoms with Gasteiger partial charge in [-0.25, -0.2) is 0 Å². The second-order valence-corrected chi connectivity index (χ2v) is 6.80. The average Bonchev–Trinajstić information content (AvgIpc) is 2.92. The van der Waals surface area contributed by atoms with Crippen LogP contribution in [0.4, 0.5) is 5.69 Å². The van der Waals surface area contributed by atoms with Crippen molar-refractivity contribution in [2.24, 2.45) is 10.9 Å². The summed E-state index contributed by atoms with van der Waals surface area (Å²) in [4.78, 5) is 5.08. The number of oxime groups is 1. The summed E-state index contributed by atoms with van der Waals surface area (Å²) in [5.74, 6) is 0.135. The minimum absolute atomic E-state index is 0.135. The molecule has 2 atom stereocenters. The lowest BCUT2D eigenvalue weighted by Gasteiger charge is -2.44. The number of hydrogen-bond donors (Lipinski definition) is 2. The molecule has 1 aromatic carbocycles. The number of amidine groups is 1. The first-order valence-electron chi connectivity index (χ1n) is 7.38. The largest absolute Gasteiger partial charge is 0.409 e. The molecule has 21 heavy (non-hydrogen) atoms. The fourth-order valence-corrected chi connectivity index (χ4v) is 4.09. The van der Waals surface area contributed by atoms with Crippen LogP contribution < -0.4 is 10.6 Å². The highest BCUT2D eigenvalue weighted by atomic mass is 79.9. The number of fused-ring (bicyclic) bond motifs is 1. The molecule has 0 bridgehead atoms. The van der Waals surface area contributed by atoms with Gasteiger partial charge in [-0.15, -0.1) is 0 Å². The van der Waals surface area contributed by atoms with E-state index in [1.807, 2.05) is 12.1 Å². The summed E-state index contributed by atoms with van der Waals surface area (Å²) in [7, 11) is 0. The number of benzene rings is 1. The number of halogens is 1. The quantitative estimate of drug-likeness (QED) is 0.370. The Balaban J connectivity index is 1.86. The van der Waals surface area contributed by atoms with E-state index < -0.39 is 0 Å². The van der Waals surface area contributed by atoms with Crippen LogP contribution >= 0.6 is 15.9 Å². The molecule has 2 heterocycles. The van der Waals surface area contributed by atoms with Gasteiger partial charge >= 0.3 is 0 Å². The van der Waals surface area contributed by atoms with Gasteiger partial charge in [0.25, 0.3) is 0 Å². The van der Waals surface area contributed by atoms with Crippen LogP contribution in [0.25, 0.3) is 0 Å². The molecule has 2 fully saturated rings. The zero-order chi connectivity index (χ0) is 15.0. The third-order valence-corrected chi connectivity index (χ3v) is 5.23. The normalized spacial score (nSPS) is 27.0. The Hall–Kier alpha value is -1.27. The molecule has 2 aliphatic heterocycles. The molecule has 5 nitrogen and oxygen atoms in total. The number of anilines is 1. The maximum atomic E-state index is 8.77. The van der Waals surface area contributed by atoms with Crippen molar-refractivity contribution >= 4 is 27.5 Å². The fraction of sp³-hybridized carbons (Fsp3) is 0.533. The average molecular weight is 353 g/mol. The monoisotopic (exact) mass is 352 g/mol. The van der Waals surface area contributed by atoms with Crippen LogP contribution in [0.2, 0.25) is 0 Å². The van der Waals surface area contributed by atoms with E-state index in [-0.39, 0.29) is 5.84 Å². The highest BCUT2D eigenvalue weighted by Crippen LogP contribution is 2.33. The summed E-state index contributed by atoms with van der Waals surface area (Å²) in [5, 5.41) is 11.8. The van der Waals surface area contributed by atoms with Crippen LogP contribution in [0.1, 0.15) is 25.3 Å². The third-order valence-electron chi connectivity index (χ3n) is 4.60. The van der Waals surface area contributed by atoms with Crippen LogP contribution in [0.3, 0.4) is 0 Å². The second-order valence-electron chi connectivity index (χ2n) is 5.94. The van der Waals surface area contributed by atoms with Gasteiger partial charge in [-0.2, -0.15) is 0 Å². The maximum Gasteiger partial charge on any atom is 0.170 e. The van der Waals surface area contributed by atoms with Gasteiger partial charge in [-0.1, -0.05) is 5.16 Å². The van der Waals surface area contributed by atoms with Crippen LogP contribution in [0.5, 0.6) is 0 Å². The van der Waals surface area contributed by atoms with Gasteiger partial charge in [-0.3, -0.25) is 4.90 Å². The van der Waals surface area contributed by atoms with Crippen molar-refractivity contribution in [1.82, 2.24) is 4.90 Å². The highest BCUT2D eigenvalue weighted by molar-refractivity contribution is 9.10. The Kier molecular flexibility index (Phi) is 4.08. The van der Waals surface area contributed by atoms with E-state index in [1.54, 1.807) is 0 Å². The predicted octanol–water partition coefficient (Wildman–Crippen LogP) is 2.22. The van der Waals surface area contributed by atoms with E-state index in [0.29, 0.717) is 12.1 Å². The van der Waals surface area contributed by atoms with Gasteiger partial charge in [0, 0.05) is 35.2 Å². The van der Waals surface area contributed by atoms with Crippen LogP contribution in [0, 0.1) is 0 Å². The van der Waals surface area contributed by atoms with Crippen molar-refractivity contribution in [2.45, 2.75) is 31.8 Å². The molecule has 1 aromatic rings. The van der Waals surface area contributed by atoms with E-state index in [0.717, 1.165) is 23.1 Å². The molecule has 0 amide bonds. The lowest BCUT2D eigenvalue weighted by Crippen LogP contribution is -2.55. The molecule has 2 saturated heterocycles. The van der Waals surface area contributed by atoms with Gasteiger partial charge in [0.1, 0.15) is 0 Å². The Bertz CT molecular complexity index is 563. The molecule has 3 rings (SSSR count). The summed E-state index contributed by atoms with van der Waals surface area (Å²) in [6, 6.07) is 7.04. The number of nitrogens with two attached hydrogens (primary N) is 1. The van der Waals surface area contributed by atoms with Crippen LogP contribution in [-0.4, -0.2) is 47.7 Å². The van der Waals surface area contributed by atoms with Gasteiger partial charge < -0.3 is 15.8 Å². The first kappa shape index (κ1) is 14.7. The zero-order valence-electron chi connectivity index (χ0n) is 12.2. The molecule has 3 N–H and O–H groups in total. The molecule has 2 aliphatic rings. The fourth-order valence-electron chi connectivity index (χ4n) is 3.48. The highest BCUT2D eigenvalue weighted by Gasteiger charge is 2.34. The molecular weight excluding hydrogens is 332 g/mol. The number of rotatable bonds is 2. The number of hydrogen-bond acceptors (Lipinski definition) is 4. The summed E-state index contributed by atoms with van der Waals surface area (Å²) < 4.78 is 0.991. The summed E-state index contributed by atoms with van der Waals surface area (Å²) >= 11 is 3.63. The summed E-state index contributed by atoms with van der Waals surface area (Å²) in [6.45, 7) is 5.71. The van der Waals surface area contributed by atoms with E-state index in [4.69, 9.17) is 10.9 Å². The van der Waals surface area contributed by atoms with Crippen molar-refractivity contribution in [3.05, 3.63) is 28.2 Å². The Morgan fingerprint density at radius 2 is 2.24 bits per heavy atom. The molecule has 0 aromatic heterocycles. The van der Waals surface area contributed by atoms with Crippen molar-refractivity contribution in [3.8, 4) is 0 Å². The standard InChI is InChI=1S/C15H21BrN4O/c1-10-8-19-6-2-3-12(19)9-20(10)14-5-4-11(7-13(14)16)15(17)18-21/h4-5,7,10,12,21H,2-3,6,8-9H2,1H3,(H2,17,18). The smallest absolute Gasteiger partial charge is 0.170 e. The minimum atomic E-state index is 0.135. The third kappa shape index (κ3) is 2.74. The van der Waals surface area contributed by atoms with Crippen LogP contribution in [-0.2, 0) is 0 Å². The SMILES string of the molecule is CC1CN2CCCC2CN1c1ccc(/C(N)=N/O)cc1Br. The lowest BCUT2D eigenvalue weighted by atomic mass is 10.1. The first-order chi connectivity index (χ1) is 10.1. The van der Waals surface area contributed by atoms with Crippen molar-refractivity contribution < 1.29 is 5.21 Å². The van der Waals surface area contributed by atoms with Crippen LogP contribution in [0.15, 0.2) is 27.8 Å². The Morgan fingerprint density at radius 1 is 1.43 bits per heavy atom. The minimum Gasteiger partial charge on any atom is -0.409 e. The molecule has 114 valence electrons. The van der Waals surface area contributed by atoms with Gasteiger partial charge in [0.15, 0.2) is 5.84 Å². The molecule has 0 spiro atoms. The van der Waals surface area contributed by atoms with Crippen molar-refractivity contribution in [3.63, 3.8) is 0 Å². The lowest BCUT2D eigenvalue weighted by molar-refractivity contribution is 0.203. The molecule has 0 radical (unpaired) electrons. The molecule has 6 heteroatoms. The topological polar surface area (TPSA) is 65.1 Å². The van der Waals surface area contributed by atoms with Gasteiger partial charge in [0.2, 0.25) is 0 Å². The first-order valence-corrected chi connectivity index (χ1v) is 8.17. The summed E-state index contributed by atoms with van der Waals surface area (Å²) in [5.41, 5.74) is 7.55. The van der Waals surface area contributed by atoms with E-state index in [1.165, 1.54) is 25.1 Å². The van der Waals surface area contributed by atoms with E-state index in [9.17, 15) is 0 Å². The number of nitrogens with zero attached hydrogens (tertiary/aromatic N) is 3. The second kappa shape index (κ2) is 5.85. The summed E-state index contributed by atoms with van der Waals surface area (Å²) in [6.07, 6.45) is 2.61. The molecule has 2 unspecified atom stereocenters. The Labute approximate surface area is 133 Å². The molecule has 0 saturated carbocycles. The predicted molar refractivity (Wildman–Crippen MR) is 88.1 cm³/mol. The number of piperazine rings is 1. The van der Waals surface area contributed by atoms with Gasteiger partial charge in [0.05, 0.1) is 5.69 Å². The van der Waals surface area contributed by atoms with E-state index in [2.05, 4.69) is 43.9 Å². The molecule has 0 aliphatic carbocycles. The molecular formula is C15H21BrN4O. The Morgan fingerprint density at radius 3 is 2.95 bits per heavy atom. The zero-order valence-corrected chi connectivity index (χ0v) is 13.8. The van der Waals surface area contributed by atoms with Crippen molar-refractivity contribution in [2.75, 3.05) is 24.5 Å². The maximum absolute atomic E-state index is 8.77.